The molecular weight excluding hydrogens is 855 g/mol. The van der Waals surface area contributed by atoms with Crippen molar-refractivity contribution in [2.75, 3.05) is 0 Å². The van der Waals surface area contributed by atoms with Crippen LogP contribution in [0.25, 0.3) is 143 Å². The van der Waals surface area contributed by atoms with Crippen LogP contribution >= 0.6 is 0 Å². The van der Waals surface area contributed by atoms with E-state index in [1.54, 1.807) is 0 Å². The molecule has 11 aromatic carbocycles. The number of rotatable bonds is 4. The minimum absolute atomic E-state index is 0.877. The molecule has 5 heteroatoms. The predicted octanol–water partition coefficient (Wildman–Crippen LogP) is 17.8. The Morgan fingerprint density at radius 3 is 1.29 bits per heavy atom. The number of fused-ring (bicyclic) bond motifs is 16. The van der Waals surface area contributed by atoms with Gasteiger partial charge in [-0.05, 0) is 117 Å². The van der Waals surface area contributed by atoms with Crippen molar-refractivity contribution in [3.63, 3.8) is 0 Å². The summed E-state index contributed by atoms with van der Waals surface area (Å²) in [6, 6.07) is 82.7. The fourth-order valence-corrected chi connectivity index (χ4v) is 11.3. The molecule has 5 nitrogen and oxygen atoms in total. The van der Waals surface area contributed by atoms with Gasteiger partial charge in [-0.3, -0.25) is 4.98 Å². The minimum atomic E-state index is 0.877. The van der Waals surface area contributed by atoms with Crippen molar-refractivity contribution in [2.24, 2.45) is 0 Å². The molecule has 0 amide bonds. The first kappa shape index (κ1) is 38.6. The van der Waals surface area contributed by atoms with Gasteiger partial charge in [0, 0.05) is 61.0 Å². The lowest BCUT2D eigenvalue weighted by molar-refractivity contribution is 0.669. The Labute approximate surface area is 400 Å². The average Bonchev–Trinajstić information content (AvgIpc) is 4.01. The highest BCUT2D eigenvalue weighted by Gasteiger charge is 2.20. The van der Waals surface area contributed by atoms with Crippen LogP contribution in [0.2, 0.25) is 0 Å². The molecule has 0 atom stereocenters. The van der Waals surface area contributed by atoms with Gasteiger partial charge in [-0.2, -0.15) is 0 Å². The Bertz CT molecular complexity index is 4710. The fraction of sp³-hybridized carbons (Fsp3) is 0. The van der Waals surface area contributed by atoms with Gasteiger partial charge >= 0.3 is 0 Å². The van der Waals surface area contributed by atoms with Crippen LogP contribution in [0, 0.1) is 0 Å². The van der Waals surface area contributed by atoms with Crippen molar-refractivity contribution in [2.45, 2.75) is 0 Å². The van der Waals surface area contributed by atoms with Crippen molar-refractivity contribution in [1.29, 1.82) is 0 Å². The number of nitrogens with zero attached hydrogens (tertiary/aromatic N) is 3. The molecule has 0 bridgehead atoms. The molecule has 0 saturated carbocycles. The number of hydrogen-bond donors (Lipinski definition) is 0. The molecule has 0 N–H and O–H groups in total. The van der Waals surface area contributed by atoms with Crippen molar-refractivity contribution >= 4 is 109 Å². The zero-order valence-electron chi connectivity index (χ0n) is 37.7. The lowest BCUT2D eigenvalue weighted by Crippen LogP contribution is -2.08. The molecule has 4 aromatic heterocycles. The van der Waals surface area contributed by atoms with Gasteiger partial charge in [0.1, 0.15) is 22.3 Å². The van der Waals surface area contributed by atoms with E-state index in [1.165, 1.54) is 0 Å². The van der Waals surface area contributed by atoms with E-state index in [0.717, 1.165) is 143 Å². The summed E-state index contributed by atoms with van der Waals surface area (Å²) in [6.45, 7) is 0. The second-order valence-corrected chi connectivity index (χ2v) is 18.2. The third-order valence-electron chi connectivity index (χ3n) is 14.4. The van der Waals surface area contributed by atoms with Gasteiger partial charge in [0.05, 0.1) is 27.6 Å². The fourth-order valence-electron chi connectivity index (χ4n) is 11.3. The summed E-state index contributed by atoms with van der Waals surface area (Å²) in [5, 5.41) is 12.1. The van der Waals surface area contributed by atoms with E-state index >= 15 is 0 Å². The van der Waals surface area contributed by atoms with Crippen molar-refractivity contribution < 1.29 is 8.83 Å². The largest absolute Gasteiger partial charge is 0.455 e. The number of pyridine rings is 1. The smallest absolute Gasteiger partial charge is 0.143 e. The summed E-state index contributed by atoms with van der Waals surface area (Å²) in [5.74, 6) is 0. The monoisotopic (exact) mass is 893 g/mol. The maximum absolute atomic E-state index is 6.70. The van der Waals surface area contributed by atoms with Crippen LogP contribution < -0.4 is 0 Å². The van der Waals surface area contributed by atoms with Crippen molar-refractivity contribution in [3.05, 3.63) is 237 Å². The summed E-state index contributed by atoms with van der Waals surface area (Å²) in [4.78, 5) is 5.36. The molecule has 0 radical (unpaired) electrons. The van der Waals surface area contributed by atoms with Crippen LogP contribution in [-0.2, 0) is 0 Å². The molecule has 70 heavy (non-hydrogen) atoms. The SMILES string of the molecule is c1ccc(-n2c3ccccc3n(-c3ccccc3)c3cc4c(cc32)c2cc(-c3cccc5c3oc3ccccc35)ccc2c2ccc(-c3cccc5c3oc3ccccc35)cc2c2cccnc24)cc1. The second kappa shape index (κ2) is 15.0. The molecule has 0 aliphatic heterocycles. The Balaban J connectivity index is 1.14. The van der Waals surface area contributed by atoms with Gasteiger partial charge in [0.2, 0.25) is 0 Å². The van der Waals surface area contributed by atoms with E-state index in [2.05, 4.69) is 221 Å². The lowest BCUT2D eigenvalue weighted by atomic mass is 9.91. The Hall–Kier alpha value is -9.45. The van der Waals surface area contributed by atoms with E-state index in [4.69, 9.17) is 13.8 Å². The summed E-state index contributed by atoms with van der Waals surface area (Å²) in [6.07, 6.45) is 1.93. The topological polar surface area (TPSA) is 49.0 Å². The van der Waals surface area contributed by atoms with E-state index in [-0.39, 0.29) is 0 Å². The van der Waals surface area contributed by atoms with Crippen LogP contribution in [0.3, 0.4) is 0 Å². The highest BCUT2D eigenvalue weighted by atomic mass is 16.3. The molecule has 0 spiro atoms. The molecule has 4 heterocycles. The molecule has 0 unspecified atom stereocenters. The molecule has 15 aromatic rings. The molecule has 0 aliphatic carbocycles. The van der Waals surface area contributed by atoms with Crippen LogP contribution in [0.15, 0.2) is 246 Å². The maximum atomic E-state index is 6.70. The zero-order chi connectivity index (χ0) is 45.9. The van der Waals surface area contributed by atoms with Crippen LogP contribution in [0.4, 0.5) is 0 Å². The van der Waals surface area contributed by atoms with Gasteiger partial charge < -0.3 is 18.0 Å². The maximum Gasteiger partial charge on any atom is 0.143 e. The average molecular weight is 894 g/mol. The van der Waals surface area contributed by atoms with E-state index in [9.17, 15) is 0 Å². The normalized spacial score (nSPS) is 12.0. The Morgan fingerprint density at radius 1 is 0.286 bits per heavy atom. The predicted molar refractivity (Wildman–Crippen MR) is 291 cm³/mol. The Morgan fingerprint density at radius 2 is 0.729 bits per heavy atom. The van der Waals surface area contributed by atoms with E-state index in [0.29, 0.717) is 0 Å². The zero-order valence-corrected chi connectivity index (χ0v) is 37.7. The van der Waals surface area contributed by atoms with E-state index < -0.39 is 0 Å². The first-order chi connectivity index (χ1) is 34.7. The van der Waals surface area contributed by atoms with Gasteiger partial charge in [-0.1, -0.05) is 152 Å². The first-order valence-corrected chi connectivity index (χ1v) is 23.8. The van der Waals surface area contributed by atoms with Crippen LogP contribution in [0.1, 0.15) is 0 Å². The highest BCUT2D eigenvalue weighted by Crippen LogP contribution is 2.44. The quantitative estimate of drug-likeness (QED) is 0.165. The van der Waals surface area contributed by atoms with Crippen LogP contribution in [0.5, 0.6) is 0 Å². The molecular formula is C65H39N3O2. The first-order valence-electron chi connectivity index (χ1n) is 23.8. The van der Waals surface area contributed by atoms with Gasteiger partial charge in [-0.15, -0.1) is 0 Å². The van der Waals surface area contributed by atoms with Gasteiger partial charge in [-0.25, -0.2) is 0 Å². The van der Waals surface area contributed by atoms with Crippen LogP contribution in [-0.4, -0.2) is 14.1 Å². The molecule has 0 saturated heterocycles. The van der Waals surface area contributed by atoms with Gasteiger partial charge in [0.25, 0.3) is 0 Å². The lowest BCUT2D eigenvalue weighted by Gasteiger charge is -2.23. The molecule has 326 valence electrons. The minimum Gasteiger partial charge on any atom is -0.455 e. The standard InChI is InChI=1S/C65H39N3O2/c1-3-16-42(17-4-1)67-57-27-9-10-28-58(57)68(43-18-5-2-6-19-43)60-39-56-55(38-59(60)67)54-37-41(45-23-14-25-52-49-21-8-12-30-62(49)70-65(45)52)32-34-47(54)46-33-31-40(36-53(46)50-26-15-35-66-63(50)56)44-22-13-24-51-48-20-7-11-29-61(48)69-64(44)51/h1-39H. The number of hydrogen-bond acceptors (Lipinski definition) is 3. The summed E-state index contributed by atoms with van der Waals surface area (Å²) >= 11 is 0. The third-order valence-corrected chi connectivity index (χ3v) is 14.4. The highest BCUT2D eigenvalue weighted by molar-refractivity contribution is 6.27. The molecule has 0 fully saturated rings. The van der Waals surface area contributed by atoms with E-state index in [1.807, 2.05) is 24.4 Å². The molecule has 0 aliphatic rings. The number of para-hydroxylation sites is 8. The van der Waals surface area contributed by atoms with Gasteiger partial charge in [0.15, 0.2) is 0 Å². The summed E-state index contributed by atoms with van der Waals surface area (Å²) in [7, 11) is 0. The number of benzene rings is 10. The van der Waals surface area contributed by atoms with Crippen molar-refractivity contribution in [3.8, 4) is 33.6 Å². The van der Waals surface area contributed by atoms with Crippen molar-refractivity contribution in [1.82, 2.24) is 14.1 Å². The second-order valence-electron chi connectivity index (χ2n) is 18.2. The third kappa shape index (κ3) is 5.69. The molecule has 15 rings (SSSR count). The number of furan rings is 2. The summed E-state index contributed by atoms with van der Waals surface area (Å²) < 4.78 is 18.2. The summed E-state index contributed by atoms with van der Waals surface area (Å²) in [5.41, 5.74) is 15.1. The number of aromatic nitrogens is 3. The Kier molecular flexibility index (Phi) is 8.29.